The second-order valence-corrected chi connectivity index (χ2v) is 3.32. The average molecular weight is 194 g/mol. The number of hydrogen-bond acceptors (Lipinski definition) is 2. The Bertz CT molecular complexity index is 235. The summed E-state index contributed by atoms with van der Waals surface area (Å²) in [5, 5.41) is 0. The van der Waals surface area contributed by atoms with Crippen LogP contribution in [0.5, 0.6) is 0 Å². The van der Waals surface area contributed by atoms with E-state index < -0.39 is 0 Å². The van der Waals surface area contributed by atoms with Gasteiger partial charge in [0.15, 0.2) is 0 Å². The minimum atomic E-state index is -0.333. The zero-order valence-electron chi connectivity index (χ0n) is 9.07. The number of allylic oxidation sites excluding steroid dienone is 5. The Morgan fingerprint density at radius 1 is 1.21 bits per heavy atom. The molecule has 0 saturated carbocycles. The van der Waals surface area contributed by atoms with Gasteiger partial charge in [-0.05, 0) is 12.3 Å². The first-order chi connectivity index (χ1) is 6.66. The van der Waals surface area contributed by atoms with Crippen LogP contribution in [0.25, 0.3) is 0 Å². The molecule has 0 atom stereocenters. The van der Waals surface area contributed by atoms with E-state index in [0.29, 0.717) is 5.92 Å². The highest BCUT2D eigenvalue weighted by Gasteiger charge is 1.86. The normalized spacial score (nSPS) is 12.3. The second-order valence-electron chi connectivity index (χ2n) is 3.32. The van der Waals surface area contributed by atoms with Crippen LogP contribution in [-0.2, 0) is 9.53 Å². The van der Waals surface area contributed by atoms with Gasteiger partial charge in [0.2, 0.25) is 0 Å². The summed E-state index contributed by atoms with van der Waals surface area (Å²) in [6, 6.07) is 0. The molecule has 0 aliphatic rings. The molecule has 0 unspecified atom stereocenters. The van der Waals surface area contributed by atoms with Crippen molar-refractivity contribution in [2.45, 2.75) is 20.3 Å². The van der Waals surface area contributed by atoms with Crippen molar-refractivity contribution >= 4 is 5.97 Å². The number of esters is 1. The maximum Gasteiger partial charge on any atom is 0.330 e. The van der Waals surface area contributed by atoms with Gasteiger partial charge >= 0.3 is 5.97 Å². The van der Waals surface area contributed by atoms with Crippen molar-refractivity contribution in [1.29, 1.82) is 0 Å². The zero-order valence-corrected chi connectivity index (χ0v) is 9.07. The molecular formula is C12H18O2. The Hall–Kier alpha value is -1.31. The first kappa shape index (κ1) is 12.7. The summed E-state index contributed by atoms with van der Waals surface area (Å²) in [5.74, 6) is 0.353. The number of ether oxygens (including phenoxy) is 1. The topological polar surface area (TPSA) is 26.3 Å². The zero-order chi connectivity index (χ0) is 10.8. The predicted molar refractivity (Wildman–Crippen MR) is 58.9 cm³/mol. The Labute approximate surface area is 86.0 Å². The maximum absolute atomic E-state index is 10.6. The number of rotatable bonds is 5. The van der Waals surface area contributed by atoms with Crippen LogP contribution in [0.15, 0.2) is 36.5 Å². The Kier molecular flexibility index (Phi) is 7.52. The van der Waals surface area contributed by atoms with Gasteiger partial charge in [0.05, 0.1) is 7.11 Å². The van der Waals surface area contributed by atoms with Crippen LogP contribution in [0, 0.1) is 5.92 Å². The molecule has 0 bridgehead atoms. The number of methoxy groups -OCH3 is 1. The van der Waals surface area contributed by atoms with Gasteiger partial charge in [0.25, 0.3) is 0 Å². The minimum Gasteiger partial charge on any atom is -0.466 e. The third-order valence-corrected chi connectivity index (χ3v) is 1.51. The fraction of sp³-hybridized carbons (Fsp3) is 0.417. The Balaban J connectivity index is 3.68. The molecule has 0 aromatic carbocycles. The molecule has 0 aromatic rings. The summed E-state index contributed by atoms with van der Waals surface area (Å²) in [5.41, 5.74) is 0. The van der Waals surface area contributed by atoms with Crippen LogP contribution >= 0.6 is 0 Å². The van der Waals surface area contributed by atoms with Crippen molar-refractivity contribution in [3.63, 3.8) is 0 Å². The van der Waals surface area contributed by atoms with E-state index in [2.05, 4.69) is 24.7 Å². The van der Waals surface area contributed by atoms with Crippen LogP contribution in [0.2, 0.25) is 0 Å². The van der Waals surface area contributed by atoms with E-state index in [-0.39, 0.29) is 5.97 Å². The lowest BCUT2D eigenvalue weighted by molar-refractivity contribution is -0.134. The smallest absolute Gasteiger partial charge is 0.330 e. The molecule has 0 aromatic heterocycles. The van der Waals surface area contributed by atoms with E-state index in [9.17, 15) is 4.79 Å². The molecular weight excluding hydrogens is 176 g/mol. The molecule has 0 spiro atoms. The molecule has 0 radical (unpaired) electrons. The van der Waals surface area contributed by atoms with Crippen molar-refractivity contribution in [3.8, 4) is 0 Å². The van der Waals surface area contributed by atoms with Gasteiger partial charge in [-0.15, -0.1) is 0 Å². The predicted octanol–water partition coefficient (Wildman–Crippen LogP) is 2.87. The highest BCUT2D eigenvalue weighted by molar-refractivity contribution is 5.82. The van der Waals surface area contributed by atoms with Gasteiger partial charge in [-0.2, -0.15) is 0 Å². The minimum absolute atomic E-state index is 0.333. The van der Waals surface area contributed by atoms with Crippen molar-refractivity contribution < 1.29 is 9.53 Å². The highest BCUT2D eigenvalue weighted by Crippen LogP contribution is 1.99. The first-order valence-electron chi connectivity index (χ1n) is 4.74. The highest BCUT2D eigenvalue weighted by atomic mass is 16.5. The van der Waals surface area contributed by atoms with Crippen LogP contribution in [0.3, 0.4) is 0 Å². The largest absolute Gasteiger partial charge is 0.466 e. The van der Waals surface area contributed by atoms with Crippen LogP contribution < -0.4 is 0 Å². The number of carbonyl (C=O) groups excluding carboxylic acids is 1. The molecule has 0 rings (SSSR count). The van der Waals surface area contributed by atoms with Gasteiger partial charge in [-0.3, -0.25) is 0 Å². The van der Waals surface area contributed by atoms with Crippen LogP contribution in [0.4, 0.5) is 0 Å². The molecule has 2 nitrogen and oxygen atoms in total. The average Bonchev–Trinajstić information content (AvgIpc) is 2.15. The number of carbonyl (C=O) groups is 1. The van der Waals surface area contributed by atoms with E-state index in [0.717, 1.165) is 6.42 Å². The standard InChI is InChI=1S/C12H18O2/c1-11(2)9-7-5-4-6-8-10-12(13)14-3/h4-8,10-11H,9H2,1-3H3. The summed E-state index contributed by atoms with van der Waals surface area (Å²) in [6.07, 6.45) is 11.9. The Morgan fingerprint density at radius 2 is 1.86 bits per heavy atom. The molecule has 0 aliphatic heterocycles. The number of hydrogen-bond donors (Lipinski definition) is 0. The van der Waals surface area contributed by atoms with E-state index in [1.165, 1.54) is 13.2 Å². The van der Waals surface area contributed by atoms with Crippen molar-refractivity contribution in [3.05, 3.63) is 36.5 Å². The van der Waals surface area contributed by atoms with Crippen LogP contribution in [-0.4, -0.2) is 13.1 Å². The second kappa shape index (κ2) is 8.30. The molecule has 0 saturated heterocycles. The first-order valence-corrected chi connectivity index (χ1v) is 4.74. The van der Waals surface area contributed by atoms with Crippen LogP contribution in [0.1, 0.15) is 20.3 Å². The monoisotopic (exact) mass is 194 g/mol. The van der Waals surface area contributed by atoms with Gasteiger partial charge in [0.1, 0.15) is 0 Å². The molecule has 14 heavy (non-hydrogen) atoms. The van der Waals surface area contributed by atoms with E-state index in [4.69, 9.17) is 0 Å². The lowest BCUT2D eigenvalue weighted by Gasteiger charge is -1.94. The molecule has 2 heteroatoms. The molecule has 0 N–H and O–H groups in total. The summed E-state index contributed by atoms with van der Waals surface area (Å²) in [6.45, 7) is 4.34. The van der Waals surface area contributed by atoms with Crippen molar-refractivity contribution in [2.24, 2.45) is 5.92 Å². The summed E-state index contributed by atoms with van der Waals surface area (Å²) < 4.78 is 4.43. The Morgan fingerprint density at radius 3 is 2.43 bits per heavy atom. The third kappa shape index (κ3) is 8.78. The summed E-state index contributed by atoms with van der Waals surface area (Å²) >= 11 is 0. The molecule has 0 amide bonds. The van der Waals surface area contributed by atoms with E-state index >= 15 is 0 Å². The third-order valence-electron chi connectivity index (χ3n) is 1.51. The fourth-order valence-electron chi connectivity index (χ4n) is 0.760. The van der Waals surface area contributed by atoms with Gasteiger partial charge < -0.3 is 4.74 Å². The molecule has 78 valence electrons. The van der Waals surface area contributed by atoms with E-state index in [1.807, 2.05) is 12.2 Å². The molecule has 0 fully saturated rings. The summed E-state index contributed by atoms with van der Waals surface area (Å²) in [4.78, 5) is 10.6. The van der Waals surface area contributed by atoms with Gasteiger partial charge in [-0.1, -0.05) is 44.2 Å². The lowest BCUT2D eigenvalue weighted by atomic mass is 10.1. The quantitative estimate of drug-likeness (QED) is 0.382. The molecule has 0 aliphatic carbocycles. The van der Waals surface area contributed by atoms with Gasteiger partial charge in [-0.25, -0.2) is 4.79 Å². The SMILES string of the molecule is COC(=O)C=CC=CC=CCC(C)C. The maximum atomic E-state index is 10.6. The fourth-order valence-corrected chi connectivity index (χ4v) is 0.760. The van der Waals surface area contributed by atoms with Crippen molar-refractivity contribution in [1.82, 2.24) is 0 Å². The lowest BCUT2D eigenvalue weighted by Crippen LogP contribution is -1.92. The molecule has 0 heterocycles. The van der Waals surface area contributed by atoms with Gasteiger partial charge in [0, 0.05) is 6.08 Å². The van der Waals surface area contributed by atoms with Crippen molar-refractivity contribution in [2.75, 3.05) is 7.11 Å². The summed E-state index contributed by atoms with van der Waals surface area (Å²) in [7, 11) is 1.36. The van der Waals surface area contributed by atoms with E-state index in [1.54, 1.807) is 12.2 Å².